The van der Waals surface area contributed by atoms with E-state index >= 15 is 0 Å². The average molecular weight is 405 g/mol. The molecule has 0 aliphatic carbocycles. The molecule has 1 fully saturated rings. The van der Waals surface area contributed by atoms with Gasteiger partial charge in [-0.05, 0) is 30.3 Å². The van der Waals surface area contributed by atoms with Crippen LogP contribution in [0, 0.1) is 11.6 Å². The number of piperazine rings is 1. The van der Waals surface area contributed by atoms with Crippen molar-refractivity contribution in [2.75, 3.05) is 31.1 Å². The van der Waals surface area contributed by atoms with Crippen molar-refractivity contribution in [1.29, 1.82) is 0 Å². The zero-order valence-electron chi connectivity index (χ0n) is 14.7. The van der Waals surface area contributed by atoms with Gasteiger partial charge in [0.1, 0.15) is 18.0 Å². The Bertz CT molecular complexity index is 1080. The summed E-state index contributed by atoms with van der Waals surface area (Å²) < 4.78 is 55.0. The molecule has 1 aromatic carbocycles. The molecule has 28 heavy (non-hydrogen) atoms. The molecule has 1 aliphatic rings. The Labute approximate surface area is 160 Å². The fraction of sp³-hybridized carbons (Fsp3) is 0.222. The molecule has 7 nitrogen and oxygen atoms in total. The Kier molecular flexibility index (Phi) is 4.82. The summed E-state index contributed by atoms with van der Waals surface area (Å²) in [5, 5.41) is 0. The molecule has 1 aliphatic heterocycles. The van der Waals surface area contributed by atoms with E-state index in [0.717, 1.165) is 12.1 Å². The number of sulfonamides is 1. The van der Waals surface area contributed by atoms with E-state index in [9.17, 15) is 17.2 Å². The van der Waals surface area contributed by atoms with Gasteiger partial charge in [-0.1, -0.05) is 0 Å². The molecule has 0 spiro atoms. The van der Waals surface area contributed by atoms with Crippen LogP contribution in [0.4, 0.5) is 14.6 Å². The lowest BCUT2D eigenvalue weighted by Gasteiger charge is -2.34. The predicted octanol–water partition coefficient (Wildman–Crippen LogP) is 2.06. The minimum absolute atomic E-state index is 0.212. The van der Waals surface area contributed by atoms with Gasteiger partial charge in [-0.3, -0.25) is 0 Å². The third kappa shape index (κ3) is 3.48. The second kappa shape index (κ2) is 7.28. The van der Waals surface area contributed by atoms with Crippen molar-refractivity contribution in [3.05, 3.63) is 66.8 Å². The van der Waals surface area contributed by atoms with Crippen LogP contribution in [-0.4, -0.2) is 53.4 Å². The normalized spacial score (nSPS) is 15.7. The highest BCUT2D eigenvalue weighted by atomic mass is 32.2. The molecule has 3 aromatic rings. The standard InChI is InChI=1S/C18H17F2N5O2S/c19-15-4-3-14(11-16(15)20)28(26,27)25-9-7-24(8-10-25)18-12-17(21-13-22-18)23-5-1-2-6-23/h1-6,11-13H,7-10H2. The summed E-state index contributed by atoms with van der Waals surface area (Å²) in [4.78, 5) is 10.2. The molecule has 10 heteroatoms. The number of hydrogen-bond donors (Lipinski definition) is 0. The maximum Gasteiger partial charge on any atom is 0.243 e. The van der Waals surface area contributed by atoms with Crippen molar-refractivity contribution < 1.29 is 17.2 Å². The number of benzene rings is 1. The summed E-state index contributed by atoms with van der Waals surface area (Å²) in [6, 6.07) is 8.23. The topological polar surface area (TPSA) is 71.3 Å². The lowest BCUT2D eigenvalue weighted by molar-refractivity contribution is 0.383. The van der Waals surface area contributed by atoms with Crippen LogP contribution in [0.2, 0.25) is 0 Å². The van der Waals surface area contributed by atoms with E-state index in [4.69, 9.17) is 0 Å². The van der Waals surface area contributed by atoms with Gasteiger partial charge in [0.15, 0.2) is 11.6 Å². The van der Waals surface area contributed by atoms with E-state index in [1.54, 1.807) is 0 Å². The minimum atomic E-state index is -3.89. The quantitative estimate of drug-likeness (QED) is 0.665. The average Bonchev–Trinajstić information content (AvgIpc) is 3.25. The third-order valence-corrected chi connectivity index (χ3v) is 6.49. The van der Waals surface area contributed by atoms with E-state index in [1.165, 1.54) is 10.6 Å². The summed E-state index contributed by atoms with van der Waals surface area (Å²) in [6.45, 7) is 1.27. The number of anilines is 1. The number of hydrogen-bond acceptors (Lipinski definition) is 5. The first-order chi connectivity index (χ1) is 13.4. The molecule has 0 amide bonds. The highest BCUT2D eigenvalue weighted by Crippen LogP contribution is 2.22. The number of rotatable bonds is 4. The van der Waals surface area contributed by atoms with Crippen LogP contribution < -0.4 is 4.90 Å². The second-order valence-corrected chi connectivity index (χ2v) is 8.23. The van der Waals surface area contributed by atoms with E-state index in [2.05, 4.69) is 9.97 Å². The SMILES string of the molecule is O=S(=O)(c1ccc(F)c(F)c1)N1CCN(c2cc(-n3cccc3)ncn2)CC1. The van der Waals surface area contributed by atoms with Gasteiger partial charge in [0.2, 0.25) is 10.0 Å². The van der Waals surface area contributed by atoms with Crippen LogP contribution >= 0.6 is 0 Å². The van der Waals surface area contributed by atoms with Crippen molar-refractivity contribution in [2.24, 2.45) is 0 Å². The predicted molar refractivity (Wildman–Crippen MR) is 98.7 cm³/mol. The van der Waals surface area contributed by atoms with Gasteiger partial charge in [-0.2, -0.15) is 4.31 Å². The first kappa shape index (κ1) is 18.5. The fourth-order valence-electron chi connectivity index (χ4n) is 3.08. The minimum Gasteiger partial charge on any atom is -0.354 e. The maximum atomic E-state index is 13.4. The summed E-state index contributed by atoms with van der Waals surface area (Å²) >= 11 is 0. The number of aromatic nitrogens is 3. The first-order valence-corrected chi connectivity index (χ1v) is 10.0. The molecule has 0 saturated carbocycles. The van der Waals surface area contributed by atoms with Crippen LogP contribution in [0.25, 0.3) is 5.82 Å². The van der Waals surface area contributed by atoms with Gasteiger partial charge < -0.3 is 9.47 Å². The lowest BCUT2D eigenvalue weighted by atomic mass is 10.3. The highest BCUT2D eigenvalue weighted by molar-refractivity contribution is 7.89. The van der Waals surface area contributed by atoms with Gasteiger partial charge in [0.05, 0.1) is 4.90 Å². The molecule has 0 atom stereocenters. The van der Waals surface area contributed by atoms with Gasteiger partial charge in [0.25, 0.3) is 0 Å². The Morgan fingerprint density at radius 1 is 0.857 bits per heavy atom. The van der Waals surface area contributed by atoms with Crippen molar-refractivity contribution >= 4 is 15.8 Å². The van der Waals surface area contributed by atoms with Crippen LogP contribution in [0.15, 0.2) is 60.0 Å². The van der Waals surface area contributed by atoms with Gasteiger partial charge in [-0.15, -0.1) is 0 Å². The van der Waals surface area contributed by atoms with Crippen molar-refractivity contribution in [3.8, 4) is 5.82 Å². The largest absolute Gasteiger partial charge is 0.354 e. The monoisotopic (exact) mass is 405 g/mol. The van der Waals surface area contributed by atoms with Crippen LogP contribution in [0.5, 0.6) is 0 Å². The fourth-order valence-corrected chi connectivity index (χ4v) is 4.52. The zero-order chi connectivity index (χ0) is 19.7. The van der Waals surface area contributed by atoms with Crippen molar-refractivity contribution in [2.45, 2.75) is 4.90 Å². The molecule has 0 radical (unpaired) electrons. The van der Waals surface area contributed by atoms with E-state index in [0.29, 0.717) is 30.8 Å². The molecule has 2 aromatic heterocycles. The van der Waals surface area contributed by atoms with Crippen LogP contribution in [0.3, 0.4) is 0 Å². The first-order valence-electron chi connectivity index (χ1n) is 8.61. The smallest absolute Gasteiger partial charge is 0.243 e. The molecule has 3 heterocycles. The molecular weight excluding hydrogens is 388 g/mol. The summed E-state index contributed by atoms with van der Waals surface area (Å²) in [7, 11) is -3.89. The molecule has 146 valence electrons. The number of halogens is 2. The van der Waals surface area contributed by atoms with Gasteiger partial charge in [0, 0.05) is 44.6 Å². The second-order valence-electron chi connectivity index (χ2n) is 6.29. The van der Waals surface area contributed by atoms with E-state index in [-0.39, 0.29) is 18.0 Å². The Morgan fingerprint density at radius 2 is 1.54 bits per heavy atom. The molecule has 0 unspecified atom stereocenters. The molecule has 1 saturated heterocycles. The van der Waals surface area contributed by atoms with Crippen LogP contribution in [0.1, 0.15) is 0 Å². The Hall–Kier alpha value is -2.85. The molecular formula is C18H17F2N5O2S. The Morgan fingerprint density at radius 3 is 2.21 bits per heavy atom. The summed E-state index contributed by atoms with van der Waals surface area (Å²) in [5.74, 6) is -0.848. The van der Waals surface area contributed by atoms with Crippen LogP contribution in [-0.2, 0) is 10.0 Å². The lowest BCUT2D eigenvalue weighted by Crippen LogP contribution is -2.49. The third-order valence-electron chi connectivity index (χ3n) is 4.60. The number of nitrogens with zero attached hydrogens (tertiary/aromatic N) is 5. The molecule has 4 rings (SSSR count). The molecule has 0 N–H and O–H groups in total. The summed E-state index contributed by atoms with van der Waals surface area (Å²) in [5.41, 5.74) is 0. The highest BCUT2D eigenvalue weighted by Gasteiger charge is 2.29. The summed E-state index contributed by atoms with van der Waals surface area (Å²) in [6.07, 6.45) is 5.21. The Balaban J connectivity index is 1.49. The van der Waals surface area contributed by atoms with Crippen molar-refractivity contribution in [3.63, 3.8) is 0 Å². The van der Waals surface area contributed by atoms with E-state index < -0.39 is 21.7 Å². The zero-order valence-corrected chi connectivity index (χ0v) is 15.6. The maximum absolute atomic E-state index is 13.4. The molecule has 0 bridgehead atoms. The van der Waals surface area contributed by atoms with Gasteiger partial charge in [-0.25, -0.2) is 27.2 Å². The van der Waals surface area contributed by atoms with E-state index in [1.807, 2.05) is 40.1 Å². The van der Waals surface area contributed by atoms with Crippen molar-refractivity contribution in [1.82, 2.24) is 18.8 Å². The van der Waals surface area contributed by atoms with Gasteiger partial charge >= 0.3 is 0 Å².